The van der Waals surface area contributed by atoms with Crippen molar-refractivity contribution in [1.29, 1.82) is 0 Å². The molecule has 1 saturated heterocycles. The summed E-state index contributed by atoms with van der Waals surface area (Å²) in [5.74, 6) is 1.71. The van der Waals surface area contributed by atoms with Crippen LogP contribution in [-0.4, -0.2) is 44.0 Å². The molecule has 1 N–H and O–H groups in total. The molecule has 0 bridgehead atoms. The summed E-state index contributed by atoms with van der Waals surface area (Å²) >= 11 is 1.99. The quantitative estimate of drug-likeness (QED) is 0.849. The van der Waals surface area contributed by atoms with E-state index < -0.39 is 0 Å². The molecule has 5 heteroatoms. The van der Waals surface area contributed by atoms with Crippen LogP contribution < -0.4 is 10.2 Å². The highest BCUT2D eigenvalue weighted by Gasteiger charge is 2.41. The summed E-state index contributed by atoms with van der Waals surface area (Å²) in [7, 11) is 0. The largest absolute Gasteiger partial charge is 0.466 e. The van der Waals surface area contributed by atoms with Gasteiger partial charge in [0.1, 0.15) is 0 Å². The molecule has 1 aromatic carbocycles. The third kappa shape index (κ3) is 2.93. The van der Waals surface area contributed by atoms with Gasteiger partial charge >= 0.3 is 5.97 Å². The molecule has 2 atom stereocenters. The van der Waals surface area contributed by atoms with Crippen LogP contribution in [0.3, 0.4) is 0 Å². The smallest absolute Gasteiger partial charge is 0.306 e. The minimum absolute atomic E-state index is 0.0876. The zero-order valence-corrected chi connectivity index (χ0v) is 15.2. The lowest BCUT2D eigenvalue weighted by Crippen LogP contribution is -2.44. The number of nitrogens with one attached hydrogen (secondary N) is 1. The van der Waals surface area contributed by atoms with Crippen molar-refractivity contribution in [2.45, 2.75) is 49.5 Å². The number of anilines is 1. The molecular formula is C19H26N2O2S. The lowest BCUT2D eigenvalue weighted by Gasteiger charge is -2.33. The van der Waals surface area contributed by atoms with Gasteiger partial charge in [-0.3, -0.25) is 4.79 Å². The molecule has 4 nitrogen and oxygen atoms in total. The van der Waals surface area contributed by atoms with E-state index in [1.165, 1.54) is 46.8 Å². The number of hydrogen-bond acceptors (Lipinski definition) is 5. The number of ether oxygens (including phenoxy) is 1. The standard InChI is InChI=1S/C19H26N2O2S/c1-2-23-18(22)5-4-13-10-14-15-12-20-7-6-16(15)21-8-3-9-24-17(11-13)19(14)21/h10-11,15-16,20H,2-9,12H2,1H3/t15-,16-/m0/s1. The number of piperidine rings is 1. The summed E-state index contributed by atoms with van der Waals surface area (Å²) < 4.78 is 5.08. The second-order valence-electron chi connectivity index (χ2n) is 6.90. The molecule has 0 aliphatic carbocycles. The molecule has 3 aliphatic rings. The van der Waals surface area contributed by atoms with Crippen LogP contribution >= 0.6 is 11.8 Å². The summed E-state index contributed by atoms with van der Waals surface area (Å²) in [6.07, 6.45) is 3.76. The molecule has 3 aliphatic heterocycles. The van der Waals surface area contributed by atoms with Crippen LogP contribution in [0.15, 0.2) is 17.0 Å². The van der Waals surface area contributed by atoms with Crippen molar-refractivity contribution in [2.75, 3.05) is 36.9 Å². The topological polar surface area (TPSA) is 41.6 Å². The predicted molar refractivity (Wildman–Crippen MR) is 98.1 cm³/mol. The van der Waals surface area contributed by atoms with E-state index in [4.69, 9.17) is 4.74 Å². The van der Waals surface area contributed by atoms with Gasteiger partial charge in [-0.05, 0) is 55.7 Å². The van der Waals surface area contributed by atoms with Crippen molar-refractivity contribution < 1.29 is 9.53 Å². The average molecular weight is 346 g/mol. The van der Waals surface area contributed by atoms with Crippen LogP contribution in [0, 0.1) is 0 Å². The highest BCUT2D eigenvalue weighted by molar-refractivity contribution is 7.99. The number of rotatable bonds is 4. The van der Waals surface area contributed by atoms with Gasteiger partial charge in [0.05, 0.1) is 12.3 Å². The van der Waals surface area contributed by atoms with Gasteiger partial charge in [-0.25, -0.2) is 0 Å². The molecule has 24 heavy (non-hydrogen) atoms. The first-order chi connectivity index (χ1) is 11.8. The molecule has 0 unspecified atom stereocenters. The van der Waals surface area contributed by atoms with E-state index in [1.807, 2.05) is 18.7 Å². The molecule has 0 saturated carbocycles. The van der Waals surface area contributed by atoms with E-state index in [0.717, 1.165) is 19.5 Å². The Morgan fingerprint density at radius 3 is 3.25 bits per heavy atom. The van der Waals surface area contributed by atoms with Gasteiger partial charge in [0.2, 0.25) is 0 Å². The number of aryl methyl sites for hydroxylation is 1. The third-order valence-electron chi connectivity index (χ3n) is 5.42. The van der Waals surface area contributed by atoms with E-state index >= 15 is 0 Å². The Labute approximate surface area is 148 Å². The minimum Gasteiger partial charge on any atom is -0.466 e. The van der Waals surface area contributed by atoms with Crippen LogP contribution in [0.2, 0.25) is 0 Å². The molecule has 0 amide bonds. The first kappa shape index (κ1) is 16.3. The molecule has 3 heterocycles. The van der Waals surface area contributed by atoms with Crippen molar-refractivity contribution in [3.05, 3.63) is 23.3 Å². The maximum Gasteiger partial charge on any atom is 0.306 e. The first-order valence-electron chi connectivity index (χ1n) is 9.20. The molecule has 0 radical (unpaired) electrons. The predicted octanol–water partition coefficient (Wildman–Crippen LogP) is 2.94. The highest BCUT2D eigenvalue weighted by Crippen LogP contribution is 2.50. The second-order valence-corrected chi connectivity index (χ2v) is 8.04. The molecule has 4 rings (SSSR count). The van der Waals surface area contributed by atoms with Crippen molar-refractivity contribution in [3.8, 4) is 0 Å². The fourth-order valence-corrected chi connectivity index (χ4v) is 5.51. The summed E-state index contributed by atoms with van der Waals surface area (Å²) in [6.45, 7) is 5.73. The number of carbonyl (C=O) groups is 1. The summed E-state index contributed by atoms with van der Waals surface area (Å²) in [6, 6.07) is 5.36. The van der Waals surface area contributed by atoms with E-state index in [0.29, 0.717) is 25.0 Å². The SMILES string of the molecule is CCOC(=O)CCc1cc2c3c(c1)[C@@H]1CNCC[C@@H]1N3CCCS2. The highest BCUT2D eigenvalue weighted by atomic mass is 32.2. The lowest BCUT2D eigenvalue weighted by atomic mass is 9.89. The number of carbonyl (C=O) groups excluding carboxylic acids is 1. The van der Waals surface area contributed by atoms with Crippen LogP contribution in [0.5, 0.6) is 0 Å². The van der Waals surface area contributed by atoms with Gasteiger partial charge in [-0.1, -0.05) is 6.07 Å². The zero-order valence-electron chi connectivity index (χ0n) is 14.3. The van der Waals surface area contributed by atoms with Gasteiger partial charge in [-0.15, -0.1) is 11.8 Å². The van der Waals surface area contributed by atoms with Crippen LogP contribution in [0.25, 0.3) is 0 Å². The first-order valence-corrected chi connectivity index (χ1v) is 10.2. The molecular weight excluding hydrogens is 320 g/mol. The average Bonchev–Trinajstić information content (AvgIpc) is 2.76. The van der Waals surface area contributed by atoms with Gasteiger partial charge < -0.3 is 15.0 Å². The maximum absolute atomic E-state index is 11.7. The van der Waals surface area contributed by atoms with E-state index in [9.17, 15) is 4.79 Å². The Morgan fingerprint density at radius 2 is 2.38 bits per heavy atom. The van der Waals surface area contributed by atoms with Crippen molar-refractivity contribution in [2.24, 2.45) is 0 Å². The fourth-order valence-electron chi connectivity index (χ4n) is 4.41. The van der Waals surface area contributed by atoms with Gasteiger partial charge in [-0.2, -0.15) is 0 Å². The summed E-state index contributed by atoms with van der Waals surface area (Å²) in [5.41, 5.74) is 4.30. The van der Waals surface area contributed by atoms with Crippen LogP contribution in [-0.2, 0) is 16.0 Å². The number of benzene rings is 1. The molecule has 1 aromatic rings. The third-order valence-corrected chi connectivity index (χ3v) is 6.54. The van der Waals surface area contributed by atoms with Crippen molar-refractivity contribution in [1.82, 2.24) is 5.32 Å². The van der Waals surface area contributed by atoms with Crippen molar-refractivity contribution >= 4 is 23.4 Å². The van der Waals surface area contributed by atoms with E-state index in [2.05, 4.69) is 22.3 Å². The van der Waals surface area contributed by atoms with E-state index in [1.54, 1.807) is 0 Å². The minimum atomic E-state index is -0.0876. The van der Waals surface area contributed by atoms with Crippen LogP contribution in [0.1, 0.15) is 43.2 Å². The second kappa shape index (κ2) is 6.96. The zero-order chi connectivity index (χ0) is 16.5. The summed E-state index contributed by atoms with van der Waals surface area (Å²) in [5, 5.41) is 3.58. The number of thioether (sulfide) groups is 1. The Hall–Kier alpha value is -1.20. The molecule has 0 spiro atoms. The van der Waals surface area contributed by atoms with Crippen molar-refractivity contribution in [3.63, 3.8) is 0 Å². The monoisotopic (exact) mass is 346 g/mol. The van der Waals surface area contributed by atoms with Crippen LogP contribution in [0.4, 0.5) is 5.69 Å². The molecule has 1 fully saturated rings. The Bertz CT molecular complexity index is 634. The summed E-state index contributed by atoms with van der Waals surface area (Å²) in [4.78, 5) is 15.8. The number of nitrogens with zero attached hydrogens (tertiary/aromatic N) is 1. The molecule has 0 aromatic heterocycles. The van der Waals surface area contributed by atoms with Gasteiger partial charge in [0, 0.05) is 36.4 Å². The Balaban J connectivity index is 1.64. The number of fused-ring (bicyclic) bond motifs is 3. The number of hydrogen-bond donors (Lipinski definition) is 1. The van der Waals surface area contributed by atoms with E-state index in [-0.39, 0.29) is 5.97 Å². The Kier molecular flexibility index (Phi) is 4.72. The fraction of sp³-hybridized carbons (Fsp3) is 0.632. The lowest BCUT2D eigenvalue weighted by molar-refractivity contribution is -0.143. The maximum atomic E-state index is 11.7. The Morgan fingerprint density at radius 1 is 1.46 bits per heavy atom. The molecule has 130 valence electrons. The van der Waals surface area contributed by atoms with Gasteiger partial charge in [0.15, 0.2) is 0 Å². The normalized spacial score (nSPS) is 25.0. The number of esters is 1. The van der Waals surface area contributed by atoms with Gasteiger partial charge in [0.25, 0.3) is 0 Å².